The van der Waals surface area contributed by atoms with E-state index in [0.717, 1.165) is 30.3 Å². The molecule has 0 saturated heterocycles. The van der Waals surface area contributed by atoms with Crippen LogP contribution in [0.1, 0.15) is 34.8 Å². The van der Waals surface area contributed by atoms with Gasteiger partial charge in [-0.25, -0.2) is 4.79 Å². The number of fused-ring (bicyclic) bond motifs is 1. The van der Waals surface area contributed by atoms with Gasteiger partial charge in [0.1, 0.15) is 11.3 Å². The van der Waals surface area contributed by atoms with Crippen LogP contribution in [0.3, 0.4) is 0 Å². The second kappa shape index (κ2) is 9.42. The standard InChI is InChI=1S/C26H27NO5/c1-16-24(29)17(2)26(30)32-25(16)23-14-20-13-18(10-11-22(20)31-23)7-6-12-27-15-21(28)19-8-4-3-5-9-19/h3-5,8-11,13-14,21,27-29H,6-7,12,15H2,1-2H3. The van der Waals surface area contributed by atoms with E-state index in [0.29, 0.717) is 23.5 Å². The molecule has 0 aliphatic rings. The van der Waals surface area contributed by atoms with Gasteiger partial charge in [-0.05, 0) is 62.6 Å². The molecule has 6 heteroatoms. The molecule has 0 aliphatic heterocycles. The van der Waals surface area contributed by atoms with Gasteiger partial charge in [-0.2, -0.15) is 0 Å². The highest BCUT2D eigenvalue weighted by atomic mass is 16.4. The van der Waals surface area contributed by atoms with Crippen LogP contribution in [0.4, 0.5) is 0 Å². The van der Waals surface area contributed by atoms with Gasteiger partial charge in [0, 0.05) is 17.5 Å². The lowest BCUT2D eigenvalue weighted by atomic mass is 10.1. The second-order valence-corrected chi connectivity index (χ2v) is 8.03. The van der Waals surface area contributed by atoms with E-state index in [9.17, 15) is 15.0 Å². The largest absolute Gasteiger partial charge is 0.507 e. The Morgan fingerprint density at radius 2 is 1.78 bits per heavy atom. The molecule has 0 spiro atoms. The van der Waals surface area contributed by atoms with E-state index >= 15 is 0 Å². The summed E-state index contributed by atoms with van der Waals surface area (Å²) in [5.41, 5.74) is 2.86. The molecule has 1 unspecified atom stereocenters. The average molecular weight is 434 g/mol. The van der Waals surface area contributed by atoms with Crippen molar-refractivity contribution in [3.63, 3.8) is 0 Å². The minimum Gasteiger partial charge on any atom is -0.507 e. The van der Waals surface area contributed by atoms with Crippen molar-refractivity contribution in [2.75, 3.05) is 13.1 Å². The first-order valence-corrected chi connectivity index (χ1v) is 10.7. The number of hydrogen-bond acceptors (Lipinski definition) is 6. The summed E-state index contributed by atoms with van der Waals surface area (Å²) >= 11 is 0. The summed E-state index contributed by atoms with van der Waals surface area (Å²) in [6.45, 7) is 4.54. The lowest BCUT2D eigenvalue weighted by Crippen LogP contribution is -2.22. The van der Waals surface area contributed by atoms with Gasteiger partial charge in [0.05, 0.1) is 11.7 Å². The molecular formula is C26H27NO5. The number of rotatable bonds is 8. The van der Waals surface area contributed by atoms with Crippen LogP contribution in [0.5, 0.6) is 5.75 Å². The number of aliphatic hydroxyl groups excluding tert-OH is 1. The van der Waals surface area contributed by atoms with Gasteiger partial charge in [-0.1, -0.05) is 36.4 Å². The molecule has 2 aromatic carbocycles. The van der Waals surface area contributed by atoms with Gasteiger partial charge < -0.3 is 24.4 Å². The third kappa shape index (κ3) is 4.61. The van der Waals surface area contributed by atoms with E-state index in [2.05, 4.69) is 11.4 Å². The number of aryl methyl sites for hydroxylation is 1. The average Bonchev–Trinajstić information content (AvgIpc) is 3.23. The summed E-state index contributed by atoms with van der Waals surface area (Å²) in [5, 5.41) is 24.6. The molecule has 0 amide bonds. The molecule has 0 saturated carbocycles. The molecule has 3 N–H and O–H groups in total. The van der Waals surface area contributed by atoms with Crippen molar-refractivity contribution in [2.45, 2.75) is 32.8 Å². The number of nitrogens with one attached hydrogen (secondary N) is 1. The quantitative estimate of drug-likeness (QED) is 0.351. The minimum absolute atomic E-state index is 0.0673. The van der Waals surface area contributed by atoms with Crippen LogP contribution < -0.4 is 10.9 Å². The molecule has 0 fully saturated rings. The fraction of sp³-hybridized carbons (Fsp3) is 0.269. The number of furan rings is 1. The maximum Gasteiger partial charge on any atom is 0.343 e. The summed E-state index contributed by atoms with van der Waals surface area (Å²) in [6.07, 6.45) is 1.30. The second-order valence-electron chi connectivity index (χ2n) is 8.03. The molecule has 0 radical (unpaired) electrons. The summed E-state index contributed by atoms with van der Waals surface area (Å²) < 4.78 is 11.2. The molecule has 4 rings (SSSR count). The normalized spacial score (nSPS) is 12.3. The smallest absolute Gasteiger partial charge is 0.343 e. The summed E-state index contributed by atoms with van der Waals surface area (Å²) in [7, 11) is 0. The van der Waals surface area contributed by atoms with Crippen molar-refractivity contribution >= 4 is 11.0 Å². The molecule has 6 nitrogen and oxygen atoms in total. The van der Waals surface area contributed by atoms with Crippen LogP contribution in [-0.2, 0) is 6.42 Å². The first-order chi connectivity index (χ1) is 15.4. The zero-order chi connectivity index (χ0) is 22.7. The van der Waals surface area contributed by atoms with Crippen molar-refractivity contribution in [1.29, 1.82) is 0 Å². The molecule has 2 heterocycles. The first-order valence-electron chi connectivity index (χ1n) is 10.7. The highest BCUT2D eigenvalue weighted by Crippen LogP contribution is 2.33. The van der Waals surface area contributed by atoms with Crippen LogP contribution in [0.15, 0.2) is 68.2 Å². The first kappa shape index (κ1) is 21.9. The maximum atomic E-state index is 12.0. The Balaban J connectivity index is 1.38. The van der Waals surface area contributed by atoms with Gasteiger partial charge in [-0.3, -0.25) is 0 Å². The third-order valence-corrected chi connectivity index (χ3v) is 5.70. The Hall–Kier alpha value is -3.35. The molecule has 0 bridgehead atoms. The molecule has 4 aromatic rings. The molecule has 0 aliphatic carbocycles. The van der Waals surface area contributed by atoms with Gasteiger partial charge in [0.2, 0.25) is 0 Å². The lowest BCUT2D eigenvalue weighted by Gasteiger charge is -2.12. The van der Waals surface area contributed by atoms with E-state index in [-0.39, 0.29) is 17.1 Å². The van der Waals surface area contributed by atoms with Crippen LogP contribution in [-0.4, -0.2) is 23.3 Å². The van der Waals surface area contributed by atoms with Crippen molar-refractivity contribution in [2.24, 2.45) is 0 Å². The molecular weight excluding hydrogens is 406 g/mol. The molecule has 2 aromatic heterocycles. The lowest BCUT2D eigenvalue weighted by molar-refractivity contribution is 0.175. The number of aliphatic hydroxyl groups is 1. The van der Waals surface area contributed by atoms with Crippen LogP contribution in [0.2, 0.25) is 0 Å². The Labute approximate surface area is 186 Å². The van der Waals surface area contributed by atoms with Crippen LogP contribution >= 0.6 is 0 Å². The van der Waals surface area contributed by atoms with Crippen molar-refractivity contribution < 1.29 is 19.0 Å². The van der Waals surface area contributed by atoms with Crippen molar-refractivity contribution in [3.05, 3.63) is 87.3 Å². The van der Waals surface area contributed by atoms with E-state index in [1.54, 1.807) is 6.92 Å². The zero-order valence-electron chi connectivity index (χ0n) is 18.2. The van der Waals surface area contributed by atoms with Gasteiger partial charge in [-0.15, -0.1) is 0 Å². The monoisotopic (exact) mass is 433 g/mol. The van der Waals surface area contributed by atoms with Gasteiger partial charge >= 0.3 is 5.63 Å². The van der Waals surface area contributed by atoms with E-state index < -0.39 is 11.7 Å². The van der Waals surface area contributed by atoms with Gasteiger partial charge in [0.15, 0.2) is 11.5 Å². The third-order valence-electron chi connectivity index (χ3n) is 5.70. The number of hydrogen-bond donors (Lipinski definition) is 3. The number of benzene rings is 2. The fourth-order valence-corrected chi connectivity index (χ4v) is 3.78. The molecule has 166 valence electrons. The zero-order valence-corrected chi connectivity index (χ0v) is 18.2. The summed E-state index contributed by atoms with van der Waals surface area (Å²) in [6, 6.07) is 17.4. The Morgan fingerprint density at radius 1 is 1.00 bits per heavy atom. The SMILES string of the molecule is Cc1c(-c2cc3cc(CCCNCC(O)c4ccccc4)ccc3o2)oc(=O)c(C)c1O. The predicted octanol–water partition coefficient (Wildman–Crippen LogP) is 4.63. The van der Waals surface area contributed by atoms with Crippen molar-refractivity contribution in [3.8, 4) is 17.3 Å². The Kier molecular flexibility index (Phi) is 6.44. The van der Waals surface area contributed by atoms with E-state index in [4.69, 9.17) is 8.83 Å². The van der Waals surface area contributed by atoms with Crippen molar-refractivity contribution in [1.82, 2.24) is 5.32 Å². The molecule has 32 heavy (non-hydrogen) atoms. The van der Waals surface area contributed by atoms with E-state index in [1.165, 1.54) is 12.5 Å². The topological polar surface area (TPSA) is 95.8 Å². The van der Waals surface area contributed by atoms with Crippen LogP contribution in [0, 0.1) is 13.8 Å². The highest BCUT2D eigenvalue weighted by Gasteiger charge is 2.18. The Morgan fingerprint density at radius 3 is 2.56 bits per heavy atom. The minimum atomic E-state index is -0.575. The molecule has 1 atom stereocenters. The summed E-state index contributed by atoms with van der Waals surface area (Å²) in [4.78, 5) is 12.0. The summed E-state index contributed by atoms with van der Waals surface area (Å²) in [5.74, 6) is 0.595. The predicted molar refractivity (Wildman–Crippen MR) is 124 cm³/mol. The van der Waals surface area contributed by atoms with Gasteiger partial charge in [0.25, 0.3) is 0 Å². The van der Waals surface area contributed by atoms with E-state index in [1.807, 2.05) is 48.5 Å². The maximum absolute atomic E-state index is 12.0. The Bertz CT molecular complexity index is 1270. The van der Waals surface area contributed by atoms with Crippen LogP contribution in [0.25, 0.3) is 22.5 Å². The fourth-order valence-electron chi connectivity index (χ4n) is 3.78. The number of aromatic hydroxyl groups is 1. The highest BCUT2D eigenvalue weighted by molar-refractivity contribution is 5.83.